The Balaban J connectivity index is 1.90. The second-order valence-corrected chi connectivity index (χ2v) is 20.5. The number of hydrazine groups is 1. The molecule has 0 aromatic heterocycles. The van der Waals surface area contributed by atoms with Gasteiger partial charge in [0, 0.05) is 43.6 Å². The van der Waals surface area contributed by atoms with E-state index in [4.69, 9.17) is 29.4 Å². The van der Waals surface area contributed by atoms with Gasteiger partial charge in [-0.15, -0.1) is 0 Å². The summed E-state index contributed by atoms with van der Waals surface area (Å²) in [7, 11) is -0.718. The molecule has 0 aliphatic carbocycles. The van der Waals surface area contributed by atoms with Crippen LogP contribution in [-0.2, 0) is 18.6 Å². The Morgan fingerprint density at radius 1 is 0.939 bits per heavy atom. The van der Waals surface area contributed by atoms with Gasteiger partial charge in [-0.05, 0) is 95.9 Å². The molecule has 2 aliphatic heterocycles. The molecule has 14 heteroatoms. The summed E-state index contributed by atoms with van der Waals surface area (Å²) in [5.74, 6) is 0.410. The smallest absolute Gasteiger partial charge is 0.416 e. The van der Waals surface area contributed by atoms with Crippen LogP contribution in [0.1, 0.15) is 84.7 Å². The van der Waals surface area contributed by atoms with Gasteiger partial charge in [0.05, 0.1) is 19.3 Å². The summed E-state index contributed by atoms with van der Waals surface area (Å²) in [6, 6.07) is 5.02. The van der Waals surface area contributed by atoms with Gasteiger partial charge in [-0.2, -0.15) is 0 Å². The van der Waals surface area contributed by atoms with Gasteiger partial charge in [0.1, 0.15) is 17.0 Å². The fourth-order valence-electron chi connectivity index (χ4n) is 4.72. The third kappa shape index (κ3) is 11.1. The highest BCUT2D eigenvalue weighted by atomic mass is 28.4. The third-order valence-corrected chi connectivity index (χ3v) is 12.8. The molecule has 3 N–H and O–H groups in total. The summed E-state index contributed by atoms with van der Waals surface area (Å²) in [5.41, 5.74) is 10.2. The second-order valence-electron chi connectivity index (χ2n) is 15.7. The van der Waals surface area contributed by atoms with E-state index in [1.165, 1.54) is 12.0 Å². The van der Waals surface area contributed by atoms with Crippen molar-refractivity contribution in [1.29, 1.82) is 0 Å². The van der Waals surface area contributed by atoms with Gasteiger partial charge in [0.2, 0.25) is 0 Å². The summed E-state index contributed by atoms with van der Waals surface area (Å²) >= 11 is 0. The van der Waals surface area contributed by atoms with Gasteiger partial charge in [0.15, 0.2) is 14.1 Å². The summed E-state index contributed by atoms with van der Waals surface area (Å²) in [4.78, 5) is 47.2. The number of esters is 1. The lowest BCUT2D eigenvalue weighted by Gasteiger charge is -2.37. The first-order chi connectivity index (χ1) is 22.5. The molecule has 2 amide bonds. The Bertz CT molecular complexity index is 1480. The van der Waals surface area contributed by atoms with E-state index in [1.807, 2.05) is 20.8 Å². The number of rotatable bonds is 10. The summed E-state index contributed by atoms with van der Waals surface area (Å²) in [6.45, 7) is 23.4. The molecule has 0 saturated carbocycles. The number of nitrogens with one attached hydrogen (secondary N) is 1. The van der Waals surface area contributed by atoms with Crippen LogP contribution in [0.5, 0.6) is 0 Å². The van der Waals surface area contributed by atoms with Crippen molar-refractivity contribution in [3.05, 3.63) is 47.4 Å². The minimum Gasteiger partial charge on any atom is -0.465 e. The molecule has 49 heavy (non-hydrogen) atoms. The standard InChI is InChI=1S/C35H56N6O7Si/c1-33(2,3)47-31(43)39(18-19-46-49(11,12)35(7,8)9)15-13-16-40(32(44)48-34(4,5)6)28-14-17-41-29(38-28)27(23-37-41)24-20-25(30(42)45-10)22-26(36)21-24/h14,17,20-22,37H,13,15-16,18-19,23,36H2,1-12H3. The molecule has 0 atom stereocenters. The van der Waals surface area contributed by atoms with Gasteiger partial charge in [-0.3, -0.25) is 9.91 Å². The Labute approximate surface area is 292 Å². The van der Waals surface area contributed by atoms with Crippen LogP contribution in [0.15, 0.2) is 41.3 Å². The number of amidine groups is 1. The van der Waals surface area contributed by atoms with Crippen LogP contribution in [0.3, 0.4) is 0 Å². The maximum Gasteiger partial charge on any atom is 0.416 e. The summed E-state index contributed by atoms with van der Waals surface area (Å²) in [5, 5.41) is 1.78. The van der Waals surface area contributed by atoms with Crippen molar-refractivity contribution in [3.8, 4) is 0 Å². The Hall–Kier alpha value is -3.88. The maximum atomic E-state index is 13.6. The van der Waals surface area contributed by atoms with Crippen LogP contribution >= 0.6 is 0 Å². The molecule has 1 aromatic carbocycles. The number of amides is 2. The number of ether oxygens (including phenoxy) is 3. The lowest BCUT2D eigenvalue weighted by molar-refractivity contribution is 0.0213. The Kier molecular flexibility index (Phi) is 12.4. The van der Waals surface area contributed by atoms with Crippen LogP contribution in [0.2, 0.25) is 18.1 Å². The van der Waals surface area contributed by atoms with Crippen LogP contribution in [-0.4, -0.2) is 98.2 Å². The zero-order chi connectivity index (χ0) is 36.9. The highest BCUT2D eigenvalue weighted by molar-refractivity contribution is 6.74. The average molecular weight is 701 g/mol. The number of benzene rings is 1. The molecule has 0 radical (unpaired) electrons. The highest BCUT2D eigenvalue weighted by Crippen LogP contribution is 2.36. The molecule has 1 aromatic rings. The van der Waals surface area contributed by atoms with Crippen molar-refractivity contribution in [2.45, 2.75) is 98.1 Å². The predicted octanol–water partition coefficient (Wildman–Crippen LogP) is 6.36. The molecule has 0 unspecified atom stereocenters. The molecule has 0 bridgehead atoms. The van der Waals surface area contributed by atoms with Crippen LogP contribution in [0, 0.1) is 0 Å². The minimum absolute atomic E-state index is 0.0301. The van der Waals surface area contributed by atoms with Crippen molar-refractivity contribution in [1.82, 2.24) is 20.2 Å². The van der Waals surface area contributed by atoms with E-state index in [2.05, 4.69) is 39.3 Å². The monoisotopic (exact) mass is 700 g/mol. The molecule has 0 spiro atoms. The largest absolute Gasteiger partial charge is 0.465 e. The first-order valence-electron chi connectivity index (χ1n) is 16.7. The fraction of sp³-hybridized carbons (Fsp3) is 0.600. The SMILES string of the molecule is COC(=O)c1cc(N)cc(C2=C3N=C(N(CCCN(CCO[Si](C)(C)C(C)(C)C)C(=O)OC(C)(C)C)C(=O)OC(C)(C)C)C=CN3NC2)c1. The number of hydrogen-bond donors (Lipinski definition) is 2. The second kappa shape index (κ2) is 15.3. The van der Waals surface area contributed by atoms with Crippen molar-refractivity contribution >= 4 is 43.6 Å². The van der Waals surface area contributed by atoms with E-state index in [-0.39, 0.29) is 11.6 Å². The van der Waals surface area contributed by atoms with Crippen molar-refractivity contribution in [2.75, 3.05) is 45.6 Å². The van der Waals surface area contributed by atoms with E-state index in [0.717, 1.165) is 5.57 Å². The molecule has 2 heterocycles. The number of methoxy groups -OCH3 is 1. The minimum atomic E-state index is -2.03. The number of aliphatic imine (C=N–C) groups is 1. The zero-order valence-electron chi connectivity index (χ0n) is 31.4. The number of nitrogens with two attached hydrogens (primary N) is 1. The van der Waals surface area contributed by atoms with Crippen LogP contribution in [0.4, 0.5) is 15.3 Å². The Morgan fingerprint density at radius 2 is 1.57 bits per heavy atom. The molecular weight excluding hydrogens is 645 g/mol. The lowest BCUT2D eigenvalue weighted by Crippen LogP contribution is -2.46. The number of fused-ring (bicyclic) bond motifs is 1. The number of carbonyl (C=O) groups excluding carboxylic acids is 3. The number of carbonyl (C=O) groups is 3. The molecular formula is C35H56N6O7Si. The first-order valence-corrected chi connectivity index (χ1v) is 19.6. The number of hydrogen-bond acceptors (Lipinski definition) is 11. The molecule has 2 aliphatic rings. The van der Waals surface area contributed by atoms with E-state index in [0.29, 0.717) is 61.1 Å². The van der Waals surface area contributed by atoms with Gasteiger partial charge >= 0.3 is 18.2 Å². The van der Waals surface area contributed by atoms with Gasteiger partial charge in [0.25, 0.3) is 0 Å². The number of nitrogen functional groups attached to an aromatic ring is 1. The molecule has 13 nitrogen and oxygen atoms in total. The van der Waals surface area contributed by atoms with E-state index in [1.54, 1.807) is 61.2 Å². The van der Waals surface area contributed by atoms with Gasteiger partial charge in [-0.1, -0.05) is 20.8 Å². The maximum absolute atomic E-state index is 13.6. The molecule has 3 rings (SSSR count). The van der Waals surface area contributed by atoms with Crippen molar-refractivity contribution in [3.63, 3.8) is 0 Å². The number of anilines is 1. The molecule has 272 valence electrons. The first kappa shape index (κ1) is 39.6. The third-order valence-electron chi connectivity index (χ3n) is 8.22. The lowest BCUT2D eigenvalue weighted by atomic mass is 10.0. The topological polar surface area (TPSA) is 148 Å². The van der Waals surface area contributed by atoms with Crippen LogP contribution in [0.25, 0.3) is 5.57 Å². The molecule has 0 saturated heterocycles. The number of nitrogens with zero attached hydrogens (tertiary/aromatic N) is 4. The van der Waals surface area contributed by atoms with Crippen molar-refractivity contribution < 1.29 is 33.0 Å². The van der Waals surface area contributed by atoms with E-state index >= 15 is 0 Å². The zero-order valence-corrected chi connectivity index (χ0v) is 32.4. The van der Waals surface area contributed by atoms with E-state index in [9.17, 15) is 14.4 Å². The fourth-order valence-corrected chi connectivity index (χ4v) is 5.76. The Morgan fingerprint density at radius 3 is 2.16 bits per heavy atom. The highest BCUT2D eigenvalue weighted by Gasteiger charge is 2.37. The van der Waals surface area contributed by atoms with Gasteiger partial charge < -0.3 is 29.3 Å². The average Bonchev–Trinajstić information content (AvgIpc) is 3.38. The molecule has 0 fully saturated rings. The van der Waals surface area contributed by atoms with Gasteiger partial charge in [-0.25, -0.2) is 24.8 Å². The van der Waals surface area contributed by atoms with Crippen molar-refractivity contribution in [2.24, 2.45) is 4.99 Å². The summed E-state index contributed by atoms with van der Waals surface area (Å²) < 4.78 is 22.8. The normalized spacial score (nSPS) is 15.1. The van der Waals surface area contributed by atoms with E-state index < -0.39 is 37.7 Å². The predicted molar refractivity (Wildman–Crippen MR) is 194 cm³/mol. The quantitative estimate of drug-likeness (QED) is 0.122. The summed E-state index contributed by atoms with van der Waals surface area (Å²) in [6.07, 6.45) is 2.90. The van der Waals surface area contributed by atoms with Crippen LogP contribution < -0.4 is 11.2 Å².